The molecule has 1 unspecified atom stereocenters. The van der Waals surface area contributed by atoms with Crippen LogP contribution in [0.5, 0.6) is 0 Å². The molecule has 14 heavy (non-hydrogen) atoms. The Hall–Kier alpha value is -1.20. The molecule has 4 nitrogen and oxygen atoms in total. The first-order valence-electron chi connectivity index (χ1n) is 3.69. The van der Waals surface area contributed by atoms with E-state index >= 15 is 0 Å². The van der Waals surface area contributed by atoms with E-state index in [1.165, 1.54) is 6.92 Å². The summed E-state index contributed by atoms with van der Waals surface area (Å²) in [4.78, 5) is 14.2. The molecule has 1 heterocycles. The first-order chi connectivity index (χ1) is 6.35. The van der Waals surface area contributed by atoms with Gasteiger partial charge in [0, 0.05) is 5.56 Å². The van der Waals surface area contributed by atoms with Crippen molar-refractivity contribution in [2.45, 2.75) is 12.5 Å². The van der Waals surface area contributed by atoms with E-state index in [4.69, 9.17) is 22.4 Å². The molecule has 1 aromatic rings. The number of halogens is 2. The third-order valence-electron chi connectivity index (χ3n) is 1.83. The molecule has 0 aliphatic carbocycles. The maximum atomic E-state index is 13.2. The molecule has 0 bridgehead atoms. The molecule has 0 fully saturated rings. The number of aromatic nitrogens is 1. The van der Waals surface area contributed by atoms with Crippen LogP contribution in [0.1, 0.15) is 12.5 Å². The summed E-state index contributed by atoms with van der Waals surface area (Å²) in [6.07, 6.45) is 0.839. The smallest absolute Gasteiger partial charge is 0.328 e. The number of nitrogens with zero attached hydrogens (tertiary/aromatic N) is 1. The number of aliphatic carboxylic acids is 1. The van der Waals surface area contributed by atoms with Gasteiger partial charge in [0.2, 0.25) is 0 Å². The van der Waals surface area contributed by atoms with Gasteiger partial charge in [-0.3, -0.25) is 0 Å². The molecule has 76 valence electrons. The van der Waals surface area contributed by atoms with Gasteiger partial charge in [-0.05, 0) is 13.0 Å². The molecule has 3 N–H and O–H groups in total. The van der Waals surface area contributed by atoms with Gasteiger partial charge in [-0.2, -0.15) is 0 Å². The first-order valence-corrected chi connectivity index (χ1v) is 4.07. The summed E-state index contributed by atoms with van der Waals surface area (Å²) in [5.41, 5.74) is 3.43. The minimum absolute atomic E-state index is 0.000625. The van der Waals surface area contributed by atoms with Crippen LogP contribution in [0, 0.1) is 5.82 Å². The second-order valence-electron chi connectivity index (χ2n) is 2.99. The lowest BCUT2D eigenvalue weighted by atomic mass is 9.94. The summed E-state index contributed by atoms with van der Waals surface area (Å²) in [6, 6.07) is 1.10. The first kappa shape index (κ1) is 10.9. The molecule has 0 saturated carbocycles. The Morgan fingerprint density at radius 2 is 2.36 bits per heavy atom. The Balaban J connectivity index is 3.31. The summed E-state index contributed by atoms with van der Waals surface area (Å²) in [5.74, 6) is -2.12. The largest absolute Gasteiger partial charge is 0.480 e. The predicted octanol–water partition coefficient (Wildman–Crippen LogP) is 1.13. The van der Waals surface area contributed by atoms with Crippen LogP contribution in [-0.4, -0.2) is 16.1 Å². The van der Waals surface area contributed by atoms with E-state index in [1.807, 2.05) is 0 Å². The number of carbonyl (C=O) groups is 1. The molecule has 1 rings (SSSR count). The van der Waals surface area contributed by atoms with Crippen molar-refractivity contribution in [2.75, 3.05) is 0 Å². The van der Waals surface area contributed by atoms with Gasteiger partial charge in [0.05, 0.1) is 6.20 Å². The lowest BCUT2D eigenvalue weighted by molar-refractivity contribution is -0.143. The lowest BCUT2D eigenvalue weighted by Crippen LogP contribution is -2.42. The van der Waals surface area contributed by atoms with E-state index in [-0.39, 0.29) is 10.7 Å². The van der Waals surface area contributed by atoms with Crippen LogP contribution in [0.15, 0.2) is 12.3 Å². The zero-order valence-electron chi connectivity index (χ0n) is 7.29. The zero-order chi connectivity index (χ0) is 10.9. The van der Waals surface area contributed by atoms with Crippen molar-refractivity contribution in [1.82, 2.24) is 4.98 Å². The summed E-state index contributed by atoms with van der Waals surface area (Å²) in [6.45, 7) is 1.18. The topological polar surface area (TPSA) is 76.2 Å². The summed E-state index contributed by atoms with van der Waals surface area (Å²) in [7, 11) is 0. The fourth-order valence-corrected chi connectivity index (χ4v) is 1.08. The quantitative estimate of drug-likeness (QED) is 0.730. The Labute approximate surface area is 84.5 Å². The Morgan fingerprint density at radius 1 is 1.79 bits per heavy atom. The van der Waals surface area contributed by atoms with Crippen molar-refractivity contribution in [3.8, 4) is 0 Å². The van der Waals surface area contributed by atoms with Crippen LogP contribution >= 0.6 is 11.6 Å². The molecule has 0 saturated heterocycles. The number of rotatable bonds is 2. The average molecular weight is 219 g/mol. The maximum Gasteiger partial charge on any atom is 0.328 e. The van der Waals surface area contributed by atoms with Crippen molar-refractivity contribution in [3.63, 3.8) is 0 Å². The molecule has 0 radical (unpaired) electrons. The number of pyridine rings is 1. The van der Waals surface area contributed by atoms with E-state index in [1.54, 1.807) is 0 Å². The molecule has 0 amide bonds. The maximum absolute atomic E-state index is 13.2. The van der Waals surface area contributed by atoms with E-state index < -0.39 is 17.3 Å². The van der Waals surface area contributed by atoms with Crippen molar-refractivity contribution in [3.05, 3.63) is 28.8 Å². The van der Waals surface area contributed by atoms with E-state index in [0.29, 0.717) is 0 Å². The second kappa shape index (κ2) is 3.51. The molecule has 0 aliphatic rings. The number of hydrogen-bond acceptors (Lipinski definition) is 3. The van der Waals surface area contributed by atoms with E-state index in [2.05, 4.69) is 4.98 Å². The fraction of sp³-hybridized carbons (Fsp3) is 0.250. The molecule has 1 aromatic heterocycles. The minimum atomic E-state index is -1.81. The van der Waals surface area contributed by atoms with Gasteiger partial charge in [0.15, 0.2) is 0 Å². The number of carboxylic acids is 1. The van der Waals surface area contributed by atoms with Crippen LogP contribution in [0.2, 0.25) is 5.15 Å². The molecular formula is C8H8ClFN2O2. The van der Waals surface area contributed by atoms with Crippen LogP contribution in [-0.2, 0) is 10.3 Å². The fourth-order valence-electron chi connectivity index (χ4n) is 0.926. The van der Waals surface area contributed by atoms with Crippen molar-refractivity contribution >= 4 is 17.6 Å². The standard InChI is InChI=1S/C8H8ClFN2O2/c1-8(11,7(13)14)4-2-6(9)12-3-5(4)10/h2-3H,11H2,1H3,(H,13,14). The van der Waals surface area contributed by atoms with Crippen LogP contribution in [0.25, 0.3) is 0 Å². The molecule has 1 atom stereocenters. The average Bonchev–Trinajstić information content (AvgIpc) is 2.08. The highest BCUT2D eigenvalue weighted by atomic mass is 35.5. The number of hydrogen-bond donors (Lipinski definition) is 2. The molecule has 6 heteroatoms. The SMILES string of the molecule is CC(N)(C(=O)O)c1cc(Cl)ncc1F. The minimum Gasteiger partial charge on any atom is -0.480 e. The molecule has 0 spiro atoms. The zero-order valence-corrected chi connectivity index (χ0v) is 8.05. The van der Waals surface area contributed by atoms with Crippen molar-refractivity contribution in [2.24, 2.45) is 5.73 Å². The van der Waals surface area contributed by atoms with Gasteiger partial charge < -0.3 is 10.8 Å². The van der Waals surface area contributed by atoms with Crippen LogP contribution in [0.4, 0.5) is 4.39 Å². The van der Waals surface area contributed by atoms with Gasteiger partial charge in [-0.1, -0.05) is 11.6 Å². The molecule has 0 aromatic carbocycles. The highest BCUT2D eigenvalue weighted by Gasteiger charge is 2.33. The van der Waals surface area contributed by atoms with Crippen molar-refractivity contribution < 1.29 is 14.3 Å². The molecule has 0 aliphatic heterocycles. The van der Waals surface area contributed by atoms with Crippen molar-refractivity contribution in [1.29, 1.82) is 0 Å². The monoisotopic (exact) mass is 218 g/mol. The van der Waals surface area contributed by atoms with Gasteiger partial charge in [0.25, 0.3) is 0 Å². The Bertz CT molecular complexity index is 382. The van der Waals surface area contributed by atoms with Crippen LogP contribution in [0.3, 0.4) is 0 Å². The predicted molar refractivity (Wildman–Crippen MR) is 48.4 cm³/mol. The summed E-state index contributed by atoms with van der Waals surface area (Å²) >= 11 is 5.50. The van der Waals surface area contributed by atoms with E-state index in [0.717, 1.165) is 12.3 Å². The van der Waals surface area contributed by atoms with Gasteiger partial charge >= 0.3 is 5.97 Å². The second-order valence-corrected chi connectivity index (χ2v) is 3.38. The summed E-state index contributed by atoms with van der Waals surface area (Å²) < 4.78 is 13.2. The normalized spacial score (nSPS) is 14.9. The highest BCUT2D eigenvalue weighted by Crippen LogP contribution is 2.23. The lowest BCUT2D eigenvalue weighted by Gasteiger charge is -2.19. The van der Waals surface area contributed by atoms with E-state index in [9.17, 15) is 9.18 Å². The number of nitrogens with two attached hydrogens (primary N) is 1. The summed E-state index contributed by atoms with van der Waals surface area (Å²) in [5, 5.41) is 8.75. The Morgan fingerprint density at radius 3 is 2.86 bits per heavy atom. The number of carboxylic acid groups (broad SMARTS) is 1. The van der Waals surface area contributed by atoms with Gasteiger partial charge in [-0.25, -0.2) is 14.2 Å². The van der Waals surface area contributed by atoms with Crippen LogP contribution < -0.4 is 5.73 Å². The highest BCUT2D eigenvalue weighted by molar-refractivity contribution is 6.29. The van der Waals surface area contributed by atoms with Gasteiger partial charge in [-0.15, -0.1) is 0 Å². The third kappa shape index (κ3) is 1.83. The Kier molecular flexibility index (Phi) is 2.73. The molecular weight excluding hydrogens is 211 g/mol. The third-order valence-corrected chi connectivity index (χ3v) is 2.03. The van der Waals surface area contributed by atoms with Gasteiger partial charge in [0.1, 0.15) is 16.5 Å².